The lowest BCUT2D eigenvalue weighted by molar-refractivity contribution is -0.224. The highest BCUT2D eigenvalue weighted by Gasteiger charge is 2.71. The third kappa shape index (κ3) is 3.42. The van der Waals surface area contributed by atoms with Gasteiger partial charge in [-0.25, -0.2) is 0 Å². The molecule has 2 N–H and O–H groups in total. The largest absolute Gasteiger partial charge is 0.369 e. The lowest BCUT2D eigenvalue weighted by Crippen LogP contribution is -2.66. The van der Waals surface area contributed by atoms with Gasteiger partial charge in [0.15, 0.2) is 0 Å². The summed E-state index contributed by atoms with van der Waals surface area (Å²) in [5.41, 5.74) is 11.4. The molecule has 0 aliphatic heterocycles. The van der Waals surface area contributed by atoms with Crippen LogP contribution < -0.4 is 5.73 Å². The van der Waals surface area contributed by atoms with Crippen LogP contribution in [-0.4, -0.2) is 12.2 Å². The molecule has 1 aromatic rings. The van der Waals surface area contributed by atoms with Crippen molar-refractivity contribution in [3.63, 3.8) is 0 Å². The maximum atomic E-state index is 13.1. The van der Waals surface area contributed by atoms with Crippen LogP contribution >= 0.6 is 0 Å². The molecule has 40 heavy (non-hydrogen) atoms. The number of amides is 1. The van der Waals surface area contributed by atoms with Crippen molar-refractivity contribution in [1.82, 2.24) is 0 Å². The molecule has 5 aliphatic carbocycles. The van der Waals surface area contributed by atoms with E-state index in [1.807, 2.05) is 12.1 Å². The minimum Gasteiger partial charge on any atom is -0.369 e. The summed E-state index contributed by atoms with van der Waals surface area (Å²) in [5, 5.41) is 0. The van der Waals surface area contributed by atoms with Gasteiger partial charge in [-0.15, -0.1) is 0 Å². The summed E-state index contributed by atoms with van der Waals surface area (Å²) in [5.74, 6) is 2.56. The molecule has 5 aliphatic rings. The maximum Gasteiger partial charge on any atom is 0.223 e. The van der Waals surface area contributed by atoms with Crippen LogP contribution in [0.5, 0.6) is 0 Å². The minimum absolute atomic E-state index is 0.0425. The van der Waals surface area contributed by atoms with Gasteiger partial charge in [-0.2, -0.15) is 0 Å². The summed E-state index contributed by atoms with van der Waals surface area (Å²) in [4.78, 5) is 24.4. The van der Waals surface area contributed by atoms with Gasteiger partial charge in [0.05, 0.1) is 5.41 Å². The van der Waals surface area contributed by atoms with Crippen molar-refractivity contribution in [1.29, 1.82) is 0 Å². The Morgan fingerprint density at radius 2 is 1.60 bits per heavy atom. The normalized spacial score (nSPS) is 45.2. The van der Waals surface area contributed by atoms with Crippen LogP contribution in [0.25, 0.3) is 5.57 Å². The van der Waals surface area contributed by atoms with Crippen LogP contribution in [0, 0.1) is 56.7 Å². The number of fused-ring (bicyclic) bond motifs is 7. The standard InChI is InChI=1S/C37H51NO2/c1-23(2)26-14-19-37(32(38)40)21-20-35(6)28(31(26)37)12-13-30-34(5)17-15-27(25-10-8-24(22-39)9-11-25)33(3,4)29(34)16-18-36(30,35)7/h8-11,15,22,26,28-31H,1,12-14,16-21H2,2-7H3,(H2,38,40)/t26-,28+,29-,30+,31+,34-,35+,36+,37-/m0/s1. The second-order valence-corrected chi connectivity index (χ2v) is 16.0. The third-order valence-electron chi connectivity index (χ3n) is 14.5. The zero-order valence-electron chi connectivity index (χ0n) is 25.8. The second-order valence-electron chi connectivity index (χ2n) is 16.0. The Hall–Kier alpha value is -2.16. The fourth-order valence-corrected chi connectivity index (χ4v) is 12.4. The van der Waals surface area contributed by atoms with Crippen molar-refractivity contribution in [2.45, 2.75) is 99.3 Å². The molecule has 1 aromatic carbocycles. The molecular formula is C37H51NO2. The molecule has 0 aromatic heterocycles. The Balaban J connectivity index is 1.38. The van der Waals surface area contributed by atoms with E-state index in [1.54, 1.807) is 0 Å². The summed E-state index contributed by atoms with van der Waals surface area (Å²) in [7, 11) is 0. The van der Waals surface area contributed by atoms with E-state index in [9.17, 15) is 9.59 Å². The maximum absolute atomic E-state index is 13.1. The highest BCUT2D eigenvalue weighted by atomic mass is 16.1. The highest BCUT2D eigenvalue weighted by molar-refractivity contribution is 5.82. The van der Waals surface area contributed by atoms with Gasteiger partial charge in [-0.1, -0.05) is 77.1 Å². The molecule has 216 valence electrons. The van der Waals surface area contributed by atoms with Crippen molar-refractivity contribution in [3.8, 4) is 0 Å². The minimum atomic E-state index is -0.331. The Bertz CT molecular complexity index is 1270. The summed E-state index contributed by atoms with van der Waals surface area (Å²) >= 11 is 0. The van der Waals surface area contributed by atoms with E-state index < -0.39 is 0 Å². The number of benzene rings is 1. The first-order chi connectivity index (χ1) is 18.8. The molecule has 3 nitrogen and oxygen atoms in total. The van der Waals surface area contributed by atoms with E-state index in [0.29, 0.717) is 29.6 Å². The van der Waals surface area contributed by atoms with Gasteiger partial charge < -0.3 is 5.73 Å². The van der Waals surface area contributed by atoms with E-state index in [4.69, 9.17) is 5.73 Å². The Morgan fingerprint density at radius 3 is 2.23 bits per heavy atom. The lowest BCUT2D eigenvalue weighted by atomic mass is 9.32. The molecule has 9 atom stereocenters. The van der Waals surface area contributed by atoms with Gasteiger partial charge in [-0.05, 0) is 127 Å². The SMILES string of the molecule is C=C(C)[C@@H]1CC[C@]2(C(N)=O)CC[C@]3(C)[C@H](CC[C@@H]4[C@@]5(C)CC=C(c6ccc(C=O)cc6)C(C)(C)[C@@H]5CC[C@]43C)[C@@H]12. The number of hydrogen-bond acceptors (Lipinski definition) is 2. The van der Waals surface area contributed by atoms with E-state index in [0.717, 1.165) is 44.0 Å². The molecule has 0 radical (unpaired) electrons. The fourth-order valence-electron chi connectivity index (χ4n) is 12.4. The predicted octanol–water partition coefficient (Wildman–Crippen LogP) is 8.64. The Morgan fingerprint density at radius 1 is 0.900 bits per heavy atom. The molecule has 4 saturated carbocycles. The van der Waals surface area contributed by atoms with Gasteiger partial charge in [0.2, 0.25) is 5.91 Å². The molecule has 4 fully saturated rings. The van der Waals surface area contributed by atoms with Crippen molar-refractivity contribution < 1.29 is 9.59 Å². The Labute approximate surface area is 242 Å². The second kappa shape index (κ2) is 8.92. The zero-order valence-corrected chi connectivity index (χ0v) is 25.8. The molecule has 0 spiro atoms. The van der Waals surface area contributed by atoms with Crippen molar-refractivity contribution >= 4 is 17.8 Å². The van der Waals surface area contributed by atoms with Gasteiger partial charge in [-0.3, -0.25) is 9.59 Å². The number of nitrogens with two attached hydrogens (primary N) is 1. The molecule has 3 heteroatoms. The van der Waals surface area contributed by atoms with Gasteiger partial charge in [0.25, 0.3) is 0 Å². The lowest BCUT2D eigenvalue weighted by Gasteiger charge is -2.72. The quantitative estimate of drug-likeness (QED) is 0.306. The molecule has 0 saturated heterocycles. The van der Waals surface area contributed by atoms with Gasteiger partial charge >= 0.3 is 0 Å². The van der Waals surface area contributed by atoms with Crippen molar-refractivity contribution in [2.75, 3.05) is 0 Å². The average molecular weight is 542 g/mol. The van der Waals surface area contributed by atoms with E-state index in [1.165, 1.54) is 42.4 Å². The summed E-state index contributed by atoms with van der Waals surface area (Å²) < 4.78 is 0. The molecule has 0 unspecified atom stereocenters. The number of aldehydes is 1. The van der Waals surface area contributed by atoms with E-state index >= 15 is 0 Å². The number of primary amides is 1. The fraction of sp³-hybridized carbons (Fsp3) is 0.676. The van der Waals surface area contributed by atoms with Crippen LogP contribution in [0.2, 0.25) is 0 Å². The Kier molecular flexibility index (Phi) is 6.24. The number of allylic oxidation sites excluding steroid dienone is 3. The first-order valence-corrected chi connectivity index (χ1v) is 16.0. The number of hydrogen-bond donors (Lipinski definition) is 1. The van der Waals surface area contributed by atoms with Crippen LogP contribution in [-0.2, 0) is 4.79 Å². The number of carbonyl (C=O) groups is 2. The molecule has 6 rings (SSSR count). The average Bonchev–Trinajstić information content (AvgIpc) is 3.30. The number of carbonyl (C=O) groups excluding carboxylic acids is 2. The van der Waals surface area contributed by atoms with Crippen LogP contribution in [0.3, 0.4) is 0 Å². The molecule has 1 amide bonds. The van der Waals surface area contributed by atoms with E-state index in [-0.39, 0.29) is 33.0 Å². The van der Waals surface area contributed by atoms with Crippen LogP contribution in [0.15, 0.2) is 42.5 Å². The predicted molar refractivity (Wildman–Crippen MR) is 163 cm³/mol. The molecular weight excluding hydrogens is 490 g/mol. The van der Waals surface area contributed by atoms with Gasteiger partial charge in [0.1, 0.15) is 6.29 Å². The van der Waals surface area contributed by atoms with Crippen LogP contribution in [0.1, 0.15) is 115 Å². The van der Waals surface area contributed by atoms with Crippen molar-refractivity contribution in [2.24, 2.45) is 62.4 Å². The first kappa shape index (κ1) is 28.0. The molecule has 0 bridgehead atoms. The monoisotopic (exact) mass is 541 g/mol. The third-order valence-corrected chi connectivity index (χ3v) is 14.5. The topological polar surface area (TPSA) is 60.2 Å². The summed E-state index contributed by atoms with van der Waals surface area (Å²) in [6.45, 7) is 19.5. The summed E-state index contributed by atoms with van der Waals surface area (Å²) in [6, 6.07) is 8.21. The summed E-state index contributed by atoms with van der Waals surface area (Å²) in [6.07, 6.45) is 13.7. The van der Waals surface area contributed by atoms with E-state index in [2.05, 4.69) is 66.3 Å². The van der Waals surface area contributed by atoms with Crippen molar-refractivity contribution in [3.05, 3.63) is 53.6 Å². The first-order valence-electron chi connectivity index (χ1n) is 16.0. The van der Waals surface area contributed by atoms with Gasteiger partial charge in [0, 0.05) is 5.56 Å². The van der Waals surface area contributed by atoms with Crippen LogP contribution in [0.4, 0.5) is 0 Å². The highest BCUT2D eigenvalue weighted by Crippen LogP contribution is 2.77. The number of rotatable bonds is 4. The molecule has 0 heterocycles. The smallest absolute Gasteiger partial charge is 0.223 e. The zero-order chi connectivity index (χ0) is 28.9.